The lowest BCUT2D eigenvalue weighted by molar-refractivity contribution is 0.250. The van der Waals surface area contributed by atoms with Crippen LogP contribution in [-0.2, 0) is 0 Å². The molecule has 0 aliphatic heterocycles. The molecule has 0 bridgehead atoms. The van der Waals surface area contributed by atoms with Gasteiger partial charge in [-0.2, -0.15) is 9.78 Å². The van der Waals surface area contributed by atoms with Gasteiger partial charge in [0, 0.05) is 16.4 Å². The summed E-state index contributed by atoms with van der Waals surface area (Å²) in [6, 6.07) is 8.49. The number of benzene rings is 1. The molecule has 0 radical (unpaired) electrons. The fraction of sp³-hybridized carbons (Fsp3) is 0.167. The minimum atomic E-state index is -0.280. The smallest absolute Gasteiger partial charge is 0.306 e. The number of aryl methyl sites for hydroxylation is 2. The zero-order chi connectivity index (χ0) is 12.4. The van der Waals surface area contributed by atoms with Crippen LogP contribution in [0.5, 0.6) is 0 Å². The van der Waals surface area contributed by atoms with E-state index >= 15 is 0 Å². The predicted molar refractivity (Wildman–Crippen MR) is 67.6 cm³/mol. The summed E-state index contributed by atoms with van der Waals surface area (Å²) < 4.78 is 1.34. The lowest BCUT2D eigenvalue weighted by Crippen LogP contribution is -2.21. The first kappa shape index (κ1) is 11.7. The predicted octanol–water partition coefficient (Wildman–Crippen LogP) is 3.23. The minimum Gasteiger partial charge on any atom is -0.306 e. The summed E-state index contributed by atoms with van der Waals surface area (Å²) in [6.07, 6.45) is 0. The molecule has 1 N–H and O–H groups in total. The lowest BCUT2D eigenvalue weighted by Gasteiger charge is -2.06. The van der Waals surface area contributed by atoms with Gasteiger partial charge in [-0.3, -0.25) is 0 Å². The van der Waals surface area contributed by atoms with Gasteiger partial charge in [-0.1, -0.05) is 11.6 Å². The summed E-state index contributed by atoms with van der Waals surface area (Å²) in [5.41, 5.74) is 2.30. The molecule has 2 aromatic rings. The molecule has 1 amide bonds. The standard InChI is InChI=1S/C12H12ClN3O/c1-8-7-9(2)16(15-8)12(17)14-11-5-3-10(13)4-6-11/h3-7H,1-2H3,(H,14,17). The number of rotatable bonds is 1. The van der Waals surface area contributed by atoms with Gasteiger partial charge < -0.3 is 5.32 Å². The Morgan fingerprint density at radius 3 is 2.47 bits per heavy atom. The van der Waals surface area contributed by atoms with Crippen LogP contribution >= 0.6 is 11.6 Å². The Morgan fingerprint density at radius 2 is 1.94 bits per heavy atom. The number of amides is 1. The highest BCUT2D eigenvalue weighted by atomic mass is 35.5. The maximum absolute atomic E-state index is 11.9. The van der Waals surface area contributed by atoms with E-state index in [0.717, 1.165) is 11.4 Å². The summed E-state index contributed by atoms with van der Waals surface area (Å²) in [5.74, 6) is 0. The molecule has 1 heterocycles. The average Bonchev–Trinajstić information content (AvgIpc) is 2.61. The van der Waals surface area contributed by atoms with Crippen LogP contribution < -0.4 is 5.32 Å². The Balaban J connectivity index is 2.17. The lowest BCUT2D eigenvalue weighted by atomic mass is 10.3. The first-order valence-electron chi connectivity index (χ1n) is 5.16. The van der Waals surface area contributed by atoms with Crippen LogP contribution in [0, 0.1) is 13.8 Å². The quantitative estimate of drug-likeness (QED) is 0.843. The molecule has 0 saturated heterocycles. The van der Waals surface area contributed by atoms with Crippen LogP contribution in [0.3, 0.4) is 0 Å². The van der Waals surface area contributed by atoms with Crippen LogP contribution in [-0.4, -0.2) is 15.8 Å². The number of carbonyl (C=O) groups excluding carboxylic acids is 1. The number of nitrogens with one attached hydrogen (secondary N) is 1. The van der Waals surface area contributed by atoms with E-state index in [4.69, 9.17) is 11.6 Å². The van der Waals surface area contributed by atoms with Crippen molar-refractivity contribution in [3.05, 3.63) is 46.7 Å². The second-order valence-corrected chi connectivity index (χ2v) is 4.21. The highest BCUT2D eigenvalue weighted by molar-refractivity contribution is 6.30. The molecule has 0 aliphatic rings. The second-order valence-electron chi connectivity index (χ2n) is 3.78. The van der Waals surface area contributed by atoms with Gasteiger partial charge in [-0.15, -0.1) is 0 Å². The first-order chi connectivity index (χ1) is 8.06. The number of hydrogen-bond acceptors (Lipinski definition) is 2. The van der Waals surface area contributed by atoms with Gasteiger partial charge in [-0.25, -0.2) is 4.79 Å². The zero-order valence-corrected chi connectivity index (χ0v) is 10.3. The maximum atomic E-state index is 11.9. The van der Waals surface area contributed by atoms with E-state index in [2.05, 4.69) is 10.4 Å². The van der Waals surface area contributed by atoms with E-state index < -0.39 is 0 Å². The number of carbonyl (C=O) groups is 1. The van der Waals surface area contributed by atoms with Crippen molar-refractivity contribution in [3.63, 3.8) is 0 Å². The van der Waals surface area contributed by atoms with Crippen LogP contribution in [0.25, 0.3) is 0 Å². The van der Waals surface area contributed by atoms with Crippen molar-refractivity contribution in [2.24, 2.45) is 0 Å². The van der Waals surface area contributed by atoms with E-state index in [9.17, 15) is 4.79 Å². The normalized spacial score (nSPS) is 10.3. The fourth-order valence-corrected chi connectivity index (χ4v) is 1.67. The SMILES string of the molecule is Cc1cc(C)n(C(=O)Nc2ccc(Cl)cc2)n1. The zero-order valence-electron chi connectivity index (χ0n) is 9.57. The van der Waals surface area contributed by atoms with Crippen molar-refractivity contribution in [2.45, 2.75) is 13.8 Å². The molecule has 5 heteroatoms. The Bertz CT molecular complexity index is 545. The van der Waals surface area contributed by atoms with Crippen molar-refractivity contribution in [1.29, 1.82) is 0 Å². The second kappa shape index (κ2) is 4.59. The molecule has 17 heavy (non-hydrogen) atoms. The van der Waals surface area contributed by atoms with Crippen molar-refractivity contribution in [3.8, 4) is 0 Å². The molecule has 0 aliphatic carbocycles. The summed E-state index contributed by atoms with van der Waals surface area (Å²) in [6.45, 7) is 3.68. The fourth-order valence-electron chi connectivity index (χ4n) is 1.54. The average molecular weight is 250 g/mol. The molecule has 0 saturated carbocycles. The van der Waals surface area contributed by atoms with Crippen LogP contribution in [0.4, 0.5) is 10.5 Å². The van der Waals surface area contributed by atoms with E-state index in [1.54, 1.807) is 24.3 Å². The summed E-state index contributed by atoms with van der Waals surface area (Å²) in [4.78, 5) is 11.9. The van der Waals surface area contributed by atoms with Crippen LogP contribution in [0.1, 0.15) is 11.4 Å². The Kier molecular flexibility index (Phi) is 3.15. The van der Waals surface area contributed by atoms with Gasteiger partial charge in [0.25, 0.3) is 0 Å². The molecule has 88 valence electrons. The van der Waals surface area contributed by atoms with E-state index in [-0.39, 0.29) is 6.03 Å². The highest BCUT2D eigenvalue weighted by Crippen LogP contribution is 2.14. The molecule has 4 nitrogen and oxygen atoms in total. The number of hydrogen-bond donors (Lipinski definition) is 1. The molecule has 1 aromatic heterocycles. The van der Waals surface area contributed by atoms with Crippen molar-refractivity contribution >= 4 is 23.3 Å². The van der Waals surface area contributed by atoms with Crippen LogP contribution in [0.15, 0.2) is 30.3 Å². The number of anilines is 1. The highest BCUT2D eigenvalue weighted by Gasteiger charge is 2.09. The third-order valence-corrected chi connectivity index (χ3v) is 2.55. The van der Waals surface area contributed by atoms with Gasteiger partial charge in [0.15, 0.2) is 0 Å². The summed E-state index contributed by atoms with van der Waals surface area (Å²) in [7, 11) is 0. The third kappa shape index (κ3) is 2.65. The topological polar surface area (TPSA) is 46.9 Å². The van der Waals surface area contributed by atoms with Crippen molar-refractivity contribution < 1.29 is 4.79 Å². The van der Waals surface area contributed by atoms with Gasteiger partial charge in [0.2, 0.25) is 0 Å². The van der Waals surface area contributed by atoms with Gasteiger partial charge in [-0.05, 0) is 44.2 Å². The third-order valence-electron chi connectivity index (χ3n) is 2.30. The molecule has 0 unspecified atom stereocenters. The largest absolute Gasteiger partial charge is 0.346 e. The summed E-state index contributed by atoms with van der Waals surface area (Å²) in [5, 5.41) is 7.48. The first-order valence-corrected chi connectivity index (χ1v) is 5.54. The van der Waals surface area contributed by atoms with E-state index in [1.807, 2.05) is 19.9 Å². The summed E-state index contributed by atoms with van der Waals surface area (Å²) >= 11 is 5.76. The minimum absolute atomic E-state index is 0.280. The van der Waals surface area contributed by atoms with E-state index in [1.165, 1.54) is 4.68 Å². The Labute approximate surface area is 104 Å². The van der Waals surface area contributed by atoms with E-state index in [0.29, 0.717) is 10.7 Å². The maximum Gasteiger partial charge on any atom is 0.346 e. The molecule has 0 spiro atoms. The molecular formula is C12H12ClN3O. The molecule has 1 aromatic carbocycles. The van der Waals surface area contributed by atoms with Crippen molar-refractivity contribution in [2.75, 3.05) is 5.32 Å². The number of halogens is 1. The number of aromatic nitrogens is 2. The van der Waals surface area contributed by atoms with Gasteiger partial charge in [0.1, 0.15) is 0 Å². The molecule has 2 rings (SSSR count). The van der Waals surface area contributed by atoms with Gasteiger partial charge in [0.05, 0.1) is 5.69 Å². The molecule has 0 fully saturated rings. The monoisotopic (exact) mass is 249 g/mol. The Hall–Kier alpha value is -1.81. The molecule has 0 atom stereocenters. The van der Waals surface area contributed by atoms with Crippen LogP contribution in [0.2, 0.25) is 5.02 Å². The Morgan fingerprint density at radius 1 is 1.29 bits per heavy atom. The molecular weight excluding hydrogens is 238 g/mol. The van der Waals surface area contributed by atoms with Crippen molar-refractivity contribution in [1.82, 2.24) is 9.78 Å². The van der Waals surface area contributed by atoms with Gasteiger partial charge >= 0.3 is 6.03 Å². The number of nitrogens with zero attached hydrogens (tertiary/aromatic N) is 2.